The molecule has 2 aliphatic carbocycles. The number of hydrogen-bond donors (Lipinski definition) is 1. The second-order valence-electron chi connectivity index (χ2n) is 9.12. The van der Waals surface area contributed by atoms with Crippen molar-refractivity contribution >= 4 is 0 Å². The molecule has 4 heteroatoms. The number of fused-ring (bicyclic) bond motifs is 1. The van der Waals surface area contributed by atoms with E-state index in [1.807, 2.05) is 12.1 Å². The summed E-state index contributed by atoms with van der Waals surface area (Å²) in [6, 6.07) is 14.8. The van der Waals surface area contributed by atoms with Crippen LogP contribution in [0.1, 0.15) is 57.6 Å². The van der Waals surface area contributed by atoms with E-state index in [0.29, 0.717) is 11.5 Å². The van der Waals surface area contributed by atoms with Crippen molar-refractivity contribution in [3.05, 3.63) is 58.3 Å². The summed E-state index contributed by atoms with van der Waals surface area (Å²) in [6.07, 6.45) is 3.80. The molecule has 4 nitrogen and oxygen atoms in total. The summed E-state index contributed by atoms with van der Waals surface area (Å²) in [5.41, 5.74) is 8.27. The molecule has 0 bridgehead atoms. The maximum atomic E-state index is 10.1. The van der Waals surface area contributed by atoms with Gasteiger partial charge in [0.05, 0.1) is 23.4 Å². The predicted molar refractivity (Wildman–Crippen MR) is 108 cm³/mol. The summed E-state index contributed by atoms with van der Waals surface area (Å²) in [5.74, 6) is -0.0208. The topological polar surface area (TPSA) is 97.4 Å². The van der Waals surface area contributed by atoms with Crippen LogP contribution >= 0.6 is 0 Å². The summed E-state index contributed by atoms with van der Waals surface area (Å²) in [4.78, 5) is 0. The lowest BCUT2D eigenvalue weighted by molar-refractivity contribution is 0.284. The van der Waals surface area contributed by atoms with E-state index in [9.17, 15) is 15.8 Å². The molecular weight excluding hydrogens is 344 g/mol. The second-order valence-corrected chi connectivity index (χ2v) is 9.12. The highest BCUT2D eigenvalue weighted by Gasteiger charge is 2.54. The highest BCUT2D eigenvalue weighted by Crippen LogP contribution is 2.56. The lowest BCUT2D eigenvalue weighted by Gasteiger charge is -2.44. The van der Waals surface area contributed by atoms with Gasteiger partial charge in [0, 0.05) is 5.92 Å². The van der Waals surface area contributed by atoms with Gasteiger partial charge in [0.25, 0.3) is 0 Å². The van der Waals surface area contributed by atoms with Gasteiger partial charge in [-0.1, -0.05) is 58.0 Å². The average Bonchev–Trinajstić information content (AvgIpc) is 2.67. The molecule has 1 unspecified atom stereocenters. The standard InChI is InChI=1S/C24H26N4/c1-15-5-10-18-19(11-15)21(16-6-8-17(9-7-16)23(2,3)4)24(13-26,14-27)22(28)20(18)12-25/h6-10,15,19,21H,5,11,28H2,1-4H3/t15?,19-,21+/m0/s1. The van der Waals surface area contributed by atoms with Gasteiger partial charge in [-0.05, 0) is 46.8 Å². The first-order valence-corrected chi connectivity index (χ1v) is 9.73. The van der Waals surface area contributed by atoms with Crippen LogP contribution in [0.25, 0.3) is 0 Å². The molecule has 0 saturated heterocycles. The Bertz CT molecular complexity index is 954. The fourth-order valence-corrected chi connectivity index (χ4v) is 4.64. The van der Waals surface area contributed by atoms with Crippen LogP contribution in [0.5, 0.6) is 0 Å². The van der Waals surface area contributed by atoms with Gasteiger partial charge in [0.15, 0.2) is 5.41 Å². The average molecular weight is 371 g/mol. The van der Waals surface area contributed by atoms with Gasteiger partial charge >= 0.3 is 0 Å². The number of nitriles is 3. The number of allylic oxidation sites excluding steroid dienone is 4. The molecule has 0 amide bonds. The highest BCUT2D eigenvalue weighted by molar-refractivity contribution is 5.59. The Morgan fingerprint density at radius 2 is 1.68 bits per heavy atom. The van der Waals surface area contributed by atoms with E-state index in [4.69, 9.17) is 5.73 Å². The van der Waals surface area contributed by atoms with Crippen molar-refractivity contribution in [2.24, 2.45) is 23.0 Å². The number of hydrogen-bond acceptors (Lipinski definition) is 4. The molecule has 142 valence electrons. The van der Waals surface area contributed by atoms with Gasteiger partial charge in [0.1, 0.15) is 6.07 Å². The van der Waals surface area contributed by atoms with Crippen LogP contribution in [-0.2, 0) is 5.41 Å². The van der Waals surface area contributed by atoms with Crippen LogP contribution in [0, 0.1) is 51.2 Å². The molecule has 1 aromatic carbocycles. The Balaban J connectivity index is 2.25. The third kappa shape index (κ3) is 2.89. The van der Waals surface area contributed by atoms with Crippen molar-refractivity contribution in [2.75, 3.05) is 0 Å². The van der Waals surface area contributed by atoms with E-state index >= 15 is 0 Å². The maximum absolute atomic E-state index is 10.1. The molecule has 0 radical (unpaired) electrons. The zero-order valence-electron chi connectivity index (χ0n) is 17.0. The van der Waals surface area contributed by atoms with Gasteiger partial charge in [-0.25, -0.2) is 0 Å². The molecule has 28 heavy (non-hydrogen) atoms. The number of nitrogens with two attached hydrogens (primary N) is 1. The fraction of sp³-hybridized carbons (Fsp3) is 0.458. The van der Waals surface area contributed by atoms with E-state index in [1.54, 1.807) is 0 Å². The summed E-state index contributed by atoms with van der Waals surface area (Å²) >= 11 is 0. The molecule has 3 atom stereocenters. The summed E-state index contributed by atoms with van der Waals surface area (Å²) in [6.45, 7) is 8.63. The Hall–Kier alpha value is -3.03. The summed E-state index contributed by atoms with van der Waals surface area (Å²) in [5, 5.41) is 29.9. The SMILES string of the molecule is CC1CC=C2C(C#N)=C(N)C(C#N)(C#N)[C@H](c3ccc(C(C)(C)C)cc3)[C@H]2C1. The molecule has 0 saturated carbocycles. The lowest BCUT2D eigenvalue weighted by atomic mass is 9.56. The Morgan fingerprint density at radius 3 is 2.18 bits per heavy atom. The van der Waals surface area contributed by atoms with Crippen LogP contribution in [0.15, 0.2) is 47.2 Å². The number of rotatable bonds is 1. The molecular formula is C24H26N4. The van der Waals surface area contributed by atoms with E-state index in [0.717, 1.165) is 24.0 Å². The zero-order chi connectivity index (χ0) is 20.7. The third-order valence-electron chi connectivity index (χ3n) is 6.25. The monoisotopic (exact) mass is 370 g/mol. The van der Waals surface area contributed by atoms with Crippen LogP contribution in [-0.4, -0.2) is 0 Å². The third-order valence-corrected chi connectivity index (χ3v) is 6.25. The van der Waals surface area contributed by atoms with Crippen LogP contribution < -0.4 is 5.73 Å². The van der Waals surface area contributed by atoms with E-state index < -0.39 is 5.41 Å². The molecule has 0 spiro atoms. The van der Waals surface area contributed by atoms with E-state index in [1.165, 1.54) is 5.56 Å². The molecule has 1 aromatic rings. The Kier molecular flexibility index (Phi) is 4.82. The predicted octanol–water partition coefficient (Wildman–Crippen LogP) is 4.82. The first-order valence-electron chi connectivity index (χ1n) is 9.73. The largest absolute Gasteiger partial charge is 0.399 e. The van der Waals surface area contributed by atoms with Gasteiger partial charge in [-0.3, -0.25) is 0 Å². The molecule has 2 aliphatic rings. The normalized spacial score (nSPS) is 26.3. The quantitative estimate of drug-likeness (QED) is 0.766. The van der Waals surface area contributed by atoms with Gasteiger partial charge in [-0.15, -0.1) is 0 Å². The number of benzene rings is 1. The van der Waals surface area contributed by atoms with Crippen molar-refractivity contribution < 1.29 is 0 Å². The molecule has 0 aliphatic heterocycles. The highest BCUT2D eigenvalue weighted by atomic mass is 14.7. The summed E-state index contributed by atoms with van der Waals surface area (Å²) < 4.78 is 0. The first kappa shape index (κ1) is 19.7. The minimum absolute atomic E-state index is 0.0178. The zero-order valence-corrected chi connectivity index (χ0v) is 17.0. The minimum Gasteiger partial charge on any atom is -0.399 e. The van der Waals surface area contributed by atoms with Crippen LogP contribution in [0.3, 0.4) is 0 Å². The Morgan fingerprint density at radius 1 is 1.07 bits per heavy atom. The van der Waals surface area contributed by atoms with Crippen LogP contribution in [0.4, 0.5) is 0 Å². The second kappa shape index (κ2) is 6.85. The van der Waals surface area contributed by atoms with Gasteiger partial charge in [-0.2, -0.15) is 15.8 Å². The molecule has 0 heterocycles. The number of nitrogens with zero attached hydrogens (tertiary/aromatic N) is 3. The molecule has 0 aromatic heterocycles. The van der Waals surface area contributed by atoms with Crippen molar-refractivity contribution in [2.45, 2.75) is 51.9 Å². The minimum atomic E-state index is -1.53. The lowest BCUT2D eigenvalue weighted by Crippen LogP contribution is -2.43. The van der Waals surface area contributed by atoms with Crippen LogP contribution in [0.2, 0.25) is 0 Å². The van der Waals surface area contributed by atoms with Crippen molar-refractivity contribution in [3.63, 3.8) is 0 Å². The first-order chi connectivity index (χ1) is 13.2. The van der Waals surface area contributed by atoms with Crippen molar-refractivity contribution in [3.8, 4) is 18.2 Å². The van der Waals surface area contributed by atoms with Crippen molar-refractivity contribution in [1.82, 2.24) is 0 Å². The molecule has 3 rings (SSSR count). The smallest absolute Gasteiger partial charge is 0.191 e. The Labute approximate surface area is 167 Å². The van der Waals surface area contributed by atoms with E-state index in [2.05, 4.69) is 64.1 Å². The van der Waals surface area contributed by atoms with Gasteiger partial charge in [0.2, 0.25) is 0 Å². The maximum Gasteiger partial charge on any atom is 0.191 e. The van der Waals surface area contributed by atoms with E-state index in [-0.39, 0.29) is 22.9 Å². The molecule has 0 fully saturated rings. The molecule has 2 N–H and O–H groups in total. The van der Waals surface area contributed by atoms with Gasteiger partial charge < -0.3 is 5.73 Å². The summed E-state index contributed by atoms with van der Waals surface area (Å²) in [7, 11) is 0. The van der Waals surface area contributed by atoms with Crippen molar-refractivity contribution in [1.29, 1.82) is 15.8 Å². The fourth-order valence-electron chi connectivity index (χ4n) is 4.64.